The van der Waals surface area contributed by atoms with E-state index in [2.05, 4.69) is 56.0 Å². The van der Waals surface area contributed by atoms with Gasteiger partial charge in [-0.1, -0.05) is 26.0 Å². The maximum Gasteiger partial charge on any atom is 0.148 e. The molecule has 0 unspecified atom stereocenters. The standard InChI is InChI=1S/C23H26N2O2/c1-14(2)16-6-8-17(9-7-16)25-11-10-19-15(3)24-22-20(23(19)25)12-18(26-4)13-21(22)27-5/h6-9,12-14H,10-11H2,1-5H3. The van der Waals surface area contributed by atoms with E-state index in [0.717, 1.165) is 41.1 Å². The summed E-state index contributed by atoms with van der Waals surface area (Å²) in [6.45, 7) is 7.49. The monoisotopic (exact) mass is 362 g/mol. The molecule has 4 rings (SSSR count). The highest BCUT2D eigenvalue weighted by molar-refractivity contribution is 6.00. The molecule has 3 aromatic rings. The van der Waals surface area contributed by atoms with Gasteiger partial charge in [-0.05, 0) is 48.6 Å². The summed E-state index contributed by atoms with van der Waals surface area (Å²) >= 11 is 0. The second kappa shape index (κ2) is 6.76. The number of pyridine rings is 1. The molecule has 1 aliphatic heterocycles. The Kier molecular flexibility index (Phi) is 4.42. The highest BCUT2D eigenvalue weighted by atomic mass is 16.5. The molecular formula is C23H26N2O2. The first-order chi connectivity index (χ1) is 13.0. The van der Waals surface area contributed by atoms with Crippen LogP contribution in [0.3, 0.4) is 0 Å². The summed E-state index contributed by atoms with van der Waals surface area (Å²) in [6, 6.07) is 12.9. The SMILES string of the molecule is COc1cc(OC)c2nc(C)c3c(c2c1)N(c1ccc(C(C)C)cc1)CC3. The molecule has 0 aliphatic carbocycles. The lowest BCUT2D eigenvalue weighted by Gasteiger charge is -2.23. The fourth-order valence-corrected chi connectivity index (χ4v) is 3.96. The van der Waals surface area contributed by atoms with Crippen molar-refractivity contribution in [3.05, 3.63) is 53.2 Å². The lowest BCUT2D eigenvalue weighted by atomic mass is 10.0. The van der Waals surface area contributed by atoms with Gasteiger partial charge in [0.25, 0.3) is 0 Å². The Labute approximate surface area is 160 Å². The van der Waals surface area contributed by atoms with Crippen molar-refractivity contribution >= 4 is 22.3 Å². The topological polar surface area (TPSA) is 34.6 Å². The number of ether oxygens (including phenoxy) is 2. The maximum absolute atomic E-state index is 5.61. The Morgan fingerprint density at radius 2 is 1.78 bits per heavy atom. The van der Waals surface area contributed by atoms with Crippen LogP contribution in [0.25, 0.3) is 10.9 Å². The van der Waals surface area contributed by atoms with E-state index in [0.29, 0.717) is 5.92 Å². The Balaban J connectivity index is 1.92. The summed E-state index contributed by atoms with van der Waals surface area (Å²) < 4.78 is 11.1. The van der Waals surface area contributed by atoms with Crippen LogP contribution in [0.2, 0.25) is 0 Å². The number of aryl methyl sites for hydroxylation is 1. The first kappa shape index (κ1) is 17.7. The summed E-state index contributed by atoms with van der Waals surface area (Å²) in [7, 11) is 3.37. The minimum atomic E-state index is 0.533. The summed E-state index contributed by atoms with van der Waals surface area (Å²) in [6.07, 6.45) is 0.996. The average molecular weight is 362 g/mol. The third-order valence-corrected chi connectivity index (χ3v) is 5.49. The Bertz CT molecular complexity index is 994. The first-order valence-corrected chi connectivity index (χ1v) is 9.46. The van der Waals surface area contributed by atoms with E-state index in [4.69, 9.17) is 14.5 Å². The number of benzene rings is 2. The van der Waals surface area contributed by atoms with Crippen LogP contribution in [0.1, 0.15) is 36.6 Å². The van der Waals surface area contributed by atoms with Gasteiger partial charge in [-0.3, -0.25) is 0 Å². The molecule has 0 saturated heterocycles. The molecular weight excluding hydrogens is 336 g/mol. The molecule has 1 aromatic heterocycles. The van der Waals surface area contributed by atoms with Crippen molar-refractivity contribution in [2.45, 2.75) is 33.1 Å². The van der Waals surface area contributed by atoms with Gasteiger partial charge in [0.05, 0.1) is 19.9 Å². The molecule has 27 heavy (non-hydrogen) atoms. The van der Waals surface area contributed by atoms with E-state index >= 15 is 0 Å². The smallest absolute Gasteiger partial charge is 0.148 e. The molecule has 0 fully saturated rings. The first-order valence-electron chi connectivity index (χ1n) is 9.46. The quantitative estimate of drug-likeness (QED) is 0.624. The molecule has 2 heterocycles. The molecule has 1 aliphatic rings. The number of rotatable bonds is 4. The molecule has 0 radical (unpaired) electrons. The highest BCUT2D eigenvalue weighted by Crippen LogP contribution is 2.44. The van der Waals surface area contributed by atoms with Crippen molar-refractivity contribution in [2.24, 2.45) is 0 Å². The van der Waals surface area contributed by atoms with E-state index in [1.165, 1.54) is 22.5 Å². The van der Waals surface area contributed by atoms with Gasteiger partial charge >= 0.3 is 0 Å². The van der Waals surface area contributed by atoms with Crippen molar-refractivity contribution in [1.82, 2.24) is 4.98 Å². The molecule has 0 saturated carbocycles. The van der Waals surface area contributed by atoms with Crippen LogP contribution < -0.4 is 14.4 Å². The predicted molar refractivity (Wildman–Crippen MR) is 111 cm³/mol. The fourth-order valence-electron chi connectivity index (χ4n) is 3.96. The van der Waals surface area contributed by atoms with Crippen LogP contribution in [0.5, 0.6) is 11.5 Å². The molecule has 140 valence electrons. The number of aromatic nitrogens is 1. The highest BCUT2D eigenvalue weighted by Gasteiger charge is 2.27. The molecule has 0 N–H and O–H groups in total. The molecule has 4 nitrogen and oxygen atoms in total. The van der Waals surface area contributed by atoms with Gasteiger partial charge in [-0.2, -0.15) is 0 Å². The Morgan fingerprint density at radius 3 is 2.41 bits per heavy atom. The molecule has 0 bridgehead atoms. The van der Waals surface area contributed by atoms with Gasteiger partial charge in [0.15, 0.2) is 0 Å². The molecule has 2 aromatic carbocycles. The van der Waals surface area contributed by atoms with Gasteiger partial charge in [0.1, 0.15) is 17.0 Å². The number of nitrogens with zero attached hydrogens (tertiary/aromatic N) is 2. The van der Waals surface area contributed by atoms with Crippen molar-refractivity contribution in [3.63, 3.8) is 0 Å². The zero-order chi connectivity index (χ0) is 19.1. The number of fused-ring (bicyclic) bond motifs is 3. The van der Waals surface area contributed by atoms with E-state index in [1.54, 1.807) is 14.2 Å². The minimum absolute atomic E-state index is 0.533. The van der Waals surface area contributed by atoms with E-state index in [9.17, 15) is 0 Å². The second-order valence-electron chi connectivity index (χ2n) is 7.40. The van der Waals surface area contributed by atoms with Crippen molar-refractivity contribution < 1.29 is 9.47 Å². The van der Waals surface area contributed by atoms with Crippen LogP contribution in [0.4, 0.5) is 11.4 Å². The van der Waals surface area contributed by atoms with Crippen molar-refractivity contribution in [1.29, 1.82) is 0 Å². The number of methoxy groups -OCH3 is 2. The number of hydrogen-bond acceptors (Lipinski definition) is 4. The number of hydrogen-bond donors (Lipinski definition) is 0. The van der Waals surface area contributed by atoms with Crippen LogP contribution in [-0.2, 0) is 6.42 Å². The minimum Gasteiger partial charge on any atom is -0.497 e. The van der Waals surface area contributed by atoms with Gasteiger partial charge in [-0.25, -0.2) is 4.98 Å². The fraction of sp³-hybridized carbons (Fsp3) is 0.348. The lowest BCUT2D eigenvalue weighted by Crippen LogP contribution is -2.13. The zero-order valence-electron chi connectivity index (χ0n) is 16.7. The summed E-state index contributed by atoms with van der Waals surface area (Å²) in [4.78, 5) is 7.25. The lowest BCUT2D eigenvalue weighted by molar-refractivity contribution is 0.397. The van der Waals surface area contributed by atoms with Crippen LogP contribution in [0, 0.1) is 6.92 Å². The van der Waals surface area contributed by atoms with E-state index in [1.807, 2.05) is 6.07 Å². The van der Waals surface area contributed by atoms with E-state index < -0.39 is 0 Å². The van der Waals surface area contributed by atoms with Gasteiger partial charge in [0.2, 0.25) is 0 Å². The normalized spacial score (nSPS) is 13.3. The molecule has 0 atom stereocenters. The van der Waals surface area contributed by atoms with Gasteiger partial charge in [0, 0.05) is 29.4 Å². The maximum atomic E-state index is 5.61. The van der Waals surface area contributed by atoms with Gasteiger partial charge in [-0.15, -0.1) is 0 Å². The molecule has 4 heteroatoms. The predicted octanol–water partition coefficient (Wildman–Crippen LogP) is 5.38. The third kappa shape index (κ3) is 2.89. The average Bonchev–Trinajstić information content (AvgIpc) is 3.13. The van der Waals surface area contributed by atoms with Crippen molar-refractivity contribution in [3.8, 4) is 11.5 Å². The third-order valence-electron chi connectivity index (χ3n) is 5.49. The van der Waals surface area contributed by atoms with Gasteiger partial charge < -0.3 is 14.4 Å². The Morgan fingerprint density at radius 1 is 1.04 bits per heavy atom. The zero-order valence-corrected chi connectivity index (χ0v) is 16.7. The molecule has 0 amide bonds. The summed E-state index contributed by atoms with van der Waals surface area (Å²) in [5.74, 6) is 2.07. The largest absolute Gasteiger partial charge is 0.497 e. The Hall–Kier alpha value is -2.75. The van der Waals surface area contributed by atoms with Crippen molar-refractivity contribution in [2.75, 3.05) is 25.7 Å². The molecule has 0 spiro atoms. The van der Waals surface area contributed by atoms with E-state index in [-0.39, 0.29) is 0 Å². The van der Waals surface area contributed by atoms with Crippen LogP contribution in [0.15, 0.2) is 36.4 Å². The summed E-state index contributed by atoms with van der Waals surface area (Å²) in [5, 5.41) is 1.08. The van der Waals surface area contributed by atoms with Crippen LogP contribution >= 0.6 is 0 Å². The second-order valence-corrected chi connectivity index (χ2v) is 7.40. The summed E-state index contributed by atoms with van der Waals surface area (Å²) in [5.41, 5.74) is 7.07. The van der Waals surface area contributed by atoms with Crippen LogP contribution in [-0.4, -0.2) is 25.7 Å². The number of anilines is 2.